The Labute approximate surface area is 296 Å². The first-order chi connectivity index (χ1) is 22.1. The normalized spacial score (nSPS) is 13.4. The van der Waals surface area contributed by atoms with E-state index in [-0.39, 0.29) is 51.3 Å². The number of ether oxygens (including phenoxy) is 1. The van der Waals surface area contributed by atoms with Gasteiger partial charge in [0.05, 0.1) is 17.4 Å². The molecule has 0 bridgehead atoms. The van der Waals surface area contributed by atoms with Crippen molar-refractivity contribution in [3.8, 4) is 11.6 Å². The molecule has 48 heavy (non-hydrogen) atoms. The number of aryl methyl sites for hydroxylation is 1. The van der Waals surface area contributed by atoms with Crippen molar-refractivity contribution in [3.05, 3.63) is 114 Å². The van der Waals surface area contributed by atoms with Crippen LogP contribution in [0.15, 0.2) is 91.4 Å². The Morgan fingerprint density at radius 1 is 0.896 bits per heavy atom. The molecule has 1 saturated heterocycles. The Balaban J connectivity index is 0.00000260. The van der Waals surface area contributed by atoms with E-state index in [2.05, 4.69) is 14.9 Å². The highest BCUT2D eigenvalue weighted by molar-refractivity contribution is 8.93. The molecule has 2 aromatic carbocycles. The van der Waals surface area contributed by atoms with Gasteiger partial charge in [-0.3, -0.25) is 19.5 Å². The van der Waals surface area contributed by atoms with E-state index >= 15 is 0 Å². The van der Waals surface area contributed by atoms with Gasteiger partial charge in [-0.1, -0.05) is 0 Å². The molecule has 252 valence electrons. The van der Waals surface area contributed by atoms with Crippen molar-refractivity contribution in [1.82, 2.24) is 24.3 Å². The SMILES string of the molecule is Br.Br.CN(C(=O)c1ccc(C(F)(F)F)cc1)c1ccc(Oc2ccc3c(c2)cc(C(=O)N2CCN(Cc4ccncc4)CC2)n3C)nc1. The van der Waals surface area contributed by atoms with Crippen LogP contribution in [-0.4, -0.2) is 69.4 Å². The number of rotatable bonds is 7. The van der Waals surface area contributed by atoms with E-state index in [1.807, 2.05) is 46.8 Å². The number of piperazine rings is 1. The molecular weight excluding hydrogens is 757 g/mol. The van der Waals surface area contributed by atoms with Crippen molar-refractivity contribution in [2.24, 2.45) is 7.05 Å². The van der Waals surface area contributed by atoms with Gasteiger partial charge < -0.3 is 19.1 Å². The molecule has 14 heteroatoms. The highest BCUT2D eigenvalue weighted by Crippen LogP contribution is 2.30. The number of alkyl halides is 3. The number of nitrogens with zero attached hydrogens (tertiary/aromatic N) is 6. The van der Waals surface area contributed by atoms with E-state index in [9.17, 15) is 22.8 Å². The molecule has 1 aliphatic heterocycles. The number of hydrogen-bond acceptors (Lipinski definition) is 6. The number of carbonyl (C=O) groups is 2. The lowest BCUT2D eigenvalue weighted by Crippen LogP contribution is -2.48. The summed E-state index contributed by atoms with van der Waals surface area (Å²) in [6, 6.07) is 18.7. The van der Waals surface area contributed by atoms with Crippen LogP contribution in [0, 0.1) is 0 Å². The lowest BCUT2D eigenvalue weighted by molar-refractivity contribution is -0.137. The van der Waals surface area contributed by atoms with Crippen LogP contribution in [0.3, 0.4) is 0 Å². The van der Waals surface area contributed by atoms with Gasteiger partial charge in [-0.15, -0.1) is 34.0 Å². The zero-order chi connectivity index (χ0) is 32.4. The summed E-state index contributed by atoms with van der Waals surface area (Å²) in [7, 11) is 3.39. The Morgan fingerprint density at radius 3 is 2.21 bits per heavy atom. The second-order valence-electron chi connectivity index (χ2n) is 11.1. The molecule has 3 aromatic heterocycles. The van der Waals surface area contributed by atoms with Gasteiger partial charge in [0.1, 0.15) is 11.4 Å². The molecule has 0 saturated carbocycles. The summed E-state index contributed by atoms with van der Waals surface area (Å²) in [5, 5.41) is 0.846. The third-order valence-corrected chi connectivity index (χ3v) is 8.14. The van der Waals surface area contributed by atoms with Gasteiger partial charge in [-0.2, -0.15) is 13.2 Å². The summed E-state index contributed by atoms with van der Waals surface area (Å²) in [4.78, 5) is 40.2. The first kappa shape index (κ1) is 36.6. The number of amides is 2. The third-order valence-electron chi connectivity index (χ3n) is 8.14. The fourth-order valence-electron chi connectivity index (χ4n) is 5.48. The zero-order valence-electron chi connectivity index (χ0n) is 26.1. The van der Waals surface area contributed by atoms with Crippen LogP contribution >= 0.6 is 34.0 Å². The number of hydrogen-bond donors (Lipinski definition) is 0. The summed E-state index contributed by atoms with van der Waals surface area (Å²) in [5.41, 5.74) is 2.42. The fraction of sp³-hybridized carbons (Fsp3) is 0.235. The lowest BCUT2D eigenvalue weighted by Gasteiger charge is -2.34. The number of anilines is 1. The molecule has 0 atom stereocenters. The van der Waals surface area contributed by atoms with Gasteiger partial charge in [0, 0.05) is 81.7 Å². The highest BCUT2D eigenvalue weighted by Gasteiger charge is 2.30. The van der Waals surface area contributed by atoms with E-state index in [0.717, 1.165) is 54.8 Å². The molecule has 0 N–H and O–H groups in total. The smallest absolute Gasteiger partial charge is 0.416 e. The summed E-state index contributed by atoms with van der Waals surface area (Å²) in [6.45, 7) is 3.71. The Morgan fingerprint density at radius 2 is 1.58 bits per heavy atom. The van der Waals surface area contributed by atoms with Crippen LogP contribution in [-0.2, 0) is 19.8 Å². The fourth-order valence-corrected chi connectivity index (χ4v) is 5.48. The van der Waals surface area contributed by atoms with Crippen LogP contribution in [0.5, 0.6) is 11.6 Å². The van der Waals surface area contributed by atoms with Gasteiger partial charge in [0.25, 0.3) is 11.8 Å². The number of fused-ring (bicyclic) bond motifs is 1. The van der Waals surface area contributed by atoms with Crippen molar-refractivity contribution in [2.45, 2.75) is 12.7 Å². The zero-order valence-corrected chi connectivity index (χ0v) is 29.5. The van der Waals surface area contributed by atoms with Gasteiger partial charge >= 0.3 is 6.18 Å². The number of halogens is 5. The average Bonchev–Trinajstić information content (AvgIpc) is 3.39. The second kappa shape index (κ2) is 15.3. The molecular formula is C34H33Br2F3N6O3. The monoisotopic (exact) mass is 788 g/mol. The number of pyridine rings is 2. The van der Waals surface area contributed by atoms with Crippen LogP contribution in [0.2, 0.25) is 0 Å². The summed E-state index contributed by atoms with van der Waals surface area (Å²) in [5.74, 6) is 0.319. The van der Waals surface area contributed by atoms with Crippen molar-refractivity contribution in [1.29, 1.82) is 0 Å². The van der Waals surface area contributed by atoms with Crippen LogP contribution in [0.4, 0.5) is 18.9 Å². The van der Waals surface area contributed by atoms with Crippen molar-refractivity contribution in [3.63, 3.8) is 0 Å². The minimum absolute atomic E-state index is 0. The summed E-state index contributed by atoms with van der Waals surface area (Å²) in [6.07, 6.45) is 0.555. The maximum Gasteiger partial charge on any atom is 0.416 e. The van der Waals surface area contributed by atoms with E-state index in [1.54, 1.807) is 30.6 Å². The molecule has 0 radical (unpaired) electrons. The Hall–Kier alpha value is -4.27. The molecule has 9 nitrogen and oxygen atoms in total. The van der Waals surface area contributed by atoms with E-state index in [0.29, 0.717) is 30.2 Å². The minimum Gasteiger partial charge on any atom is -0.439 e. The quantitative estimate of drug-likeness (QED) is 0.174. The third kappa shape index (κ3) is 8.05. The maximum absolute atomic E-state index is 13.5. The largest absolute Gasteiger partial charge is 0.439 e. The standard InChI is InChI=1S/C34H31F3N6O3.2BrH/c1-40(32(44)24-3-5-26(6-4-24)34(35,36)37)27-7-10-31(39-21-27)46-28-8-9-29-25(19-28)20-30(41(29)2)33(45)43-17-15-42(16-18-43)22-23-11-13-38-14-12-23;;/h3-14,19-21H,15-18,22H2,1-2H3;2*1H. The van der Waals surface area contributed by atoms with E-state index in [1.165, 1.54) is 23.7 Å². The van der Waals surface area contributed by atoms with Crippen LogP contribution < -0.4 is 9.64 Å². The van der Waals surface area contributed by atoms with Gasteiger partial charge in [-0.25, -0.2) is 4.98 Å². The predicted molar refractivity (Wildman–Crippen MR) is 187 cm³/mol. The molecule has 5 aromatic rings. The van der Waals surface area contributed by atoms with Crippen molar-refractivity contribution < 1.29 is 27.5 Å². The molecule has 2 amide bonds. The summed E-state index contributed by atoms with van der Waals surface area (Å²) >= 11 is 0. The summed E-state index contributed by atoms with van der Waals surface area (Å²) < 4.78 is 46.4. The van der Waals surface area contributed by atoms with E-state index < -0.39 is 17.6 Å². The number of carbonyl (C=O) groups excluding carboxylic acids is 2. The molecule has 4 heterocycles. The molecule has 0 spiro atoms. The Kier molecular flexibility index (Phi) is 11.7. The highest BCUT2D eigenvalue weighted by atomic mass is 79.9. The second-order valence-corrected chi connectivity index (χ2v) is 11.1. The molecule has 1 fully saturated rings. The average molecular weight is 790 g/mol. The van der Waals surface area contributed by atoms with Gasteiger partial charge in [0.15, 0.2) is 0 Å². The van der Waals surface area contributed by atoms with Crippen LogP contribution in [0.25, 0.3) is 10.9 Å². The van der Waals surface area contributed by atoms with Gasteiger partial charge in [0.2, 0.25) is 5.88 Å². The van der Waals surface area contributed by atoms with Crippen molar-refractivity contribution in [2.75, 3.05) is 38.1 Å². The minimum atomic E-state index is -4.48. The first-order valence-corrected chi connectivity index (χ1v) is 14.7. The molecule has 6 rings (SSSR count). The number of aromatic nitrogens is 3. The van der Waals surface area contributed by atoms with Crippen molar-refractivity contribution >= 4 is 62.4 Å². The van der Waals surface area contributed by atoms with Gasteiger partial charge in [-0.05, 0) is 72.3 Å². The van der Waals surface area contributed by atoms with Crippen LogP contribution in [0.1, 0.15) is 32.0 Å². The topological polar surface area (TPSA) is 83.8 Å². The Bertz CT molecular complexity index is 1860. The predicted octanol–water partition coefficient (Wildman–Crippen LogP) is 7.17. The van der Waals surface area contributed by atoms with E-state index in [4.69, 9.17) is 4.74 Å². The lowest BCUT2D eigenvalue weighted by atomic mass is 10.1. The number of benzene rings is 2. The first-order valence-electron chi connectivity index (χ1n) is 14.7. The molecule has 0 unspecified atom stereocenters. The molecule has 1 aliphatic rings. The molecule has 0 aliphatic carbocycles. The maximum atomic E-state index is 13.5.